The molecule has 4 aromatic carbocycles. The normalized spacial score (nSPS) is 23.8. The fraction of sp³-hybridized carbons (Fsp3) is 0.483. The van der Waals surface area contributed by atoms with Crippen LogP contribution in [-0.4, -0.2) is 116 Å². The topological polar surface area (TPSA) is 167 Å². The molecule has 3 N–H and O–H groups in total. The average molecular weight is 989 g/mol. The van der Waals surface area contributed by atoms with E-state index < -0.39 is 30.1 Å². The average Bonchev–Trinajstić information content (AvgIpc) is 3.42. The Kier molecular flexibility index (Phi) is 19.7. The Hall–Kier alpha value is -5.58. The molecule has 72 heavy (non-hydrogen) atoms. The number of carbonyl (C=O) groups excluding carboxylic acids is 1. The number of nitrogens with zero attached hydrogens (tertiary/aromatic N) is 2. The van der Waals surface area contributed by atoms with Crippen molar-refractivity contribution in [1.29, 1.82) is 0 Å². The van der Waals surface area contributed by atoms with Gasteiger partial charge in [-0.05, 0) is 103 Å². The summed E-state index contributed by atoms with van der Waals surface area (Å²) >= 11 is 0. The number of aliphatic hydroxyl groups is 3. The second-order valence-corrected chi connectivity index (χ2v) is 18.8. The predicted octanol–water partition coefficient (Wildman–Crippen LogP) is 9.97. The molecule has 0 radical (unpaired) electrons. The van der Waals surface area contributed by atoms with Crippen molar-refractivity contribution in [3.05, 3.63) is 139 Å². The number of rotatable bonds is 27. The number of fused-ring (bicyclic) bond motifs is 2. The Morgan fingerprint density at radius 1 is 0.806 bits per heavy atom. The summed E-state index contributed by atoms with van der Waals surface area (Å²) in [6.45, 7) is 5.44. The van der Waals surface area contributed by atoms with E-state index in [-0.39, 0.29) is 83.6 Å². The van der Waals surface area contributed by atoms with Gasteiger partial charge in [-0.2, -0.15) is 0 Å². The van der Waals surface area contributed by atoms with E-state index in [4.69, 9.17) is 43.2 Å². The first-order chi connectivity index (χ1) is 35.5. The molecule has 1 amide bonds. The Balaban J connectivity index is 1.23. The van der Waals surface area contributed by atoms with Crippen molar-refractivity contribution in [2.24, 2.45) is 22.9 Å². The highest BCUT2D eigenvalue weighted by Gasteiger charge is 2.65. The largest absolute Gasteiger partial charge is 0.459 e. The third-order valence-electron chi connectivity index (χ3n) is 14.1. The highest BCUT2D eigenvalue weighted by molar-refractivity contribution is 6.03. The summed E-state index contributed by atoms with van der Waals surface area (Å²) in [6, 6.07) is 33.1. The van der Waals surface area contributed by atoms with Crippen molar-refractivity contribution in [2.45, 2.75) is 94.9 Å². The number of benzene rings is 4. The third-order valence-corrected chi connectivity index (χ3v) is 14.1. The molecule has 2 fully saturated rings. The summed E-state index contributed by atoms with van der Waals surface area (Å²) in [4.78, 5) is 22.8. The summed E-state index contributed by atoms with van der Waals surface area (Å²) in [5, 5.41) is 34.8. The SMILES string of the molecule is C=CCO[C@@]12Oc3ccc(Oc4ccc(-c5ccccc5)cc4)cc3[C@H]3[C@H](CCCCO)[C@@H](CCCCO)C=C(C(=NOC4CCCCO4)C[C@@H]1N(CCOCCO)C(=O)OCCOCc1ccccc1)[C@H]32. The van der Waals surface area contributed by atoms with Crippen LogP contribution < -0.4 is 9.47 Å². The van der Waals surface area contributed by atoms with Crippen LogP contribution in [0.4, 0.5) is 4.79 Å². The highest BCUT2D eigenvalue weighted by Crippen LogP contribution is 2.62. The first-order valence-corrected chi connectivity index (χ1v) is 25.9. The molecule has 1 unspecified atom stereocenters. The Morgan fingerprint density at radius 3 is 2.29 bits per heavy atom. The van der Waals surface area contributed by atoms with E-state index in [1.165, 1.54) is 0 Å². The first-order valence-electron chi connectivity index (χ1n) is 25.9. The molecule has 2 aliphatic heterocycles. The minimum atomic E-state index is -1.53. The smallest absolute Gasteiger partial charge is 0.410 e. The number of ether oxygens (including phenoxy) is 7. The van der Waals surface area contributed by atoms with Gasteiger partial charge in [0.05, 0.1) is 57.9 Å². The molecular formula is C58H72N2O12. The maximum atomic E-state index is 14.8. The van der Waals surface area contributed by atoms with Gasteiger partial charge in [0.1, 0.15) is 29.9 Å². The molecule has 0 aromatic heterocycles. The minimum Gasteiger partial charge on any atom is -0.459 e. The van der Waals surface area contributed by atoms with Gasteiger partial charge in [-0.1, -0.05) is 103 Å². The minimum absolute atomic E-state index is 0.00333. The second-order valence-electron chi connectivity index (χ2n) is 18.8. The van der Waals surface area contributed by atoms with Gasteiger partial charge in [0.15, 0.2) is 0 Å². The van der Waals surface area contributed by atoms with Gasteiger partial charge in [0, 0.05) is 44.1 Å². The lowest BCUT2D eigenvalue weighted by Crippen LogP contribution is -2.70. The molecule has 4 aromatic rings. The van der Waals surface area contributed by atoms with Crippen LogP contribution in [0.2, 0.25) is 0 Å². The molecule has 14 heteroatoms. The lowest BCUT2D eigenvalue weighted by molar-refractivity contribution is -0.256. The van der Waals surface area contributed by atoms with Crippen LogP contribution in [0.25, 0.3) is 11.1 Å². The number of carbonyl (C=O) groups is 1. The van der Waals surface area contributed by atoms with E-state index in [0.29, 0.717) is 55.4 Å². The highest BCUT2D eigenvalue weighted by atomic mass is 16.8. The van der Waals surface area contributed by atoms with Crippen molar-refractivity contribution in [1.82, 2.24) is 4.90 Å². The van der Waals surface area contributed by atoms with Gasteiger partial charge in [0.25, 0.3) is 0 Å². The molecule has 1 saturated carbocycles. The van der Waals surface area contributed by atoms with Crippen LogP contribution in [0, 0.1) is 17.8 Å². The molecule has 386 valence electrons. The van der Waals surface area contributed by atoms with Crippen LogP contribution in [0.5, 0.6) is 17.2 Å². The number of allylic oxidation sites excluding steroid dienone is 1. The number of hydrogen-bond acceptors (Lipinski definition) is 13. The summed E-state index contributed by atoms with van der Waals surface area (Å²) in [5.41, 5.74) is 5.66. The predicted molar refractivity (Wildman–Crippen MR) is 274 cm³/mol. The quantitative estimate of drug-likeness (QED) is 0.0294. The zero-order valence-electron chi connectivity index (χ0n) is 41.4. The van der Waals surface area contributed by atoms with Crippen molar-refractivity contribution < 1.29 is 58.1 Å². The maximum Gasteiger partial charge on any atom is 0.410 e. The standard InChI is InChI=1S/C58H72N2O12/c1-2-32-69-58-53(60(28-34-65-35-31-63)57(64)68-37-36-66-41-42-15-5-3-6-16-42)40-51(59-72-54-21-11-14-33-67-54)49-38-45(19-9-12-29-61)48(20-10-13-30-62)55(56(49)58)50-39-47(26-27-52(50)71-58)70-46-24-22-44(23-25-46)43-17-7-4-8-18-43/h2-8,15-18,22-27,38-39,45,48,53-56,61-63H,1,9-14,19-21,28-37,40-41H2/t45-,48+,53-,54?,55+,56+,58+/m0/s1. The molecule has 14 nitrogen and oxygen atoms in total. The van der Waals surface area contributed by atoms with Gasteiger partial charge in [-0.15, -0.1) is 6.58 Å². The number of hydrogen-bond donors (Lipinski definition) is 3. The molecule has 1 saturated heterocycles. The summed E-state index contributed by atoms with van der Waals surface area (Å²) < 4.78 is 45.1. The van der Waals surface area contributed by atoms with Gasteiger partial charge in [-0.3, -0.25) is 4.90 Å². The fourth-order valence-electron chi connectivity index (χ4n) is 10.8. The molecule has 0 bridgehead atoms. The van der Waals surface area contributed by atoms with Gasteiger partial charge < -0.3 is 53.3 Å². The fourth-order valence-corrected chi connectivity index (χ4v) is 10.8. The summed E-state index contributed by atoms with van der Waals surface area (Å²) in [6.07, 6.45) is 10.0. The maximum absolute atomic E-state index is 14.8. The van der Waals surface area contributed by atoms with E-state index in [1.54, 1.807) is 11.0 Å². The molecule has 0 spiro atoms. The van der Waals surface area contributed by atoms with Gasteiger partial charge >= 0.3 is 6.09 Å². The van der Waals surface area contributed by atoms with Crippen LogP contribution in [-0.2, 0) is 35.1 Å². The van der Waals surface area contributed by atoms with E-state index in [9.17, 15) is 20.1 Å². The molecule has 2 aliphatic carbocycles. The Bertz CT molecular complexity index is 2360. The Labute approximate surface area is 424 Å². The number of amides is 1. The number of oxime groups is 1. The van der Waals surface area contributed by atoms with Crippen molar-refractivity contribution >= 4 is 11.8 Å². The van der Waals surface area contributed by atoms with Crippen LogP contribution >= 0.6 is 0 Å². The molecular weight excluding hydrogens is 917 g/mol. The van der Waals surface area contributed by atoms with Crippen LogP contribution in [0.3, 0.4) is 0 Å². The van der Waals surface area contributed by atoms with Crippen molar-refractivity contribution in [3.63, 3.8) is 0 Å². The van der Waals surface area contributed by atoms with Crippen molar-refractivity contribution in [2.75, 3.05) is 66.0 Å². The molecule has 2 heterocycles. The molecule has 8 rings (SSSR count). The summed E-state index contributed by atoms with van der Waals surface area (Å²) in [5.74, 6) is -0.449. The zero-order valence-corrected chi connectivity index (χ0v) is 41.4. The molecule has 4 aliphatic rings. The second kappa shape index (κ2) is 26.9. The lowest BCUT2D eigenvalue weighted by Gasteiger charge is -2.59. The number of unbranched alkanes of at least 4 members (excludes halogenated alkanes) is 2. The van der Waals surface area contributed by atoms with E-state index in [1.807, 2.05) is 72.8 Å². The van der Waals surface area contributed by atoms with E-state index in [0.717, 1.165) is 66.4 Å². The zero-order chi connectivity index (χ0) is 50.0. The van der Waals surface area contributed by atoms with Gasteiger partial charge in [0.2, 0.25) is 12.1 Å². The van der Waals surface area contributed by atoms with E-state index >= 15 is 0 Å². The monoisotopic (exact) mass is 989 g/mol. The van der Waals surface area contributed by atoms with E-state index in [2.05, 4.69) is 43.0 Å². The molecule has 7 atom stereocenters. The van der Waals surface area contributed by atoms with Crippen LogP contribution in [0.15, 0.2) is 133 Å². The lowest BCUT2D eigenvalue weighted by atomic mass is 9.55. The first kappa shape index (κ1) is 52.7. The Morgan fingerprint density at radius 2 is 1.56 bits per heavy atom. The number of aliphatic hydroxyl groups excluding tert-OH is 3. The third kappa shape index (κ3) is 13.1. The van der Waals surface area contributed by atoms with Crippen molar-refractivity contribution in [3.8, 4) is 28.4 Å². The summed E-state index contributed by atoms with van der Waals surface area (Å²) in [7, 11) is 0. The van der Waals surface area contributed by atoms with Crippen LogP contribution in [0.1, 0.15) is 81.3 Å². The van der Waals surface area contributed by atoms with Gasteiger partial charge in [-0.25, -0.2) is 4.79 Å².